The maximum atomic E-state index is 11.7. The van der Waals surface area contributed by atoms with Gasteiger partial charge >= 0.3 is 5.97 Å². The number of carboxylic acids is 1. The van der Waals surface area contributed by atoms with Crippen molar-refractivity contribution in [3.63, 3.8) is 0 Å². The summed E-state index contributed by atoms with van der Waals surface area (Å²) >= 11 is 0. The number of H-pyrrole nitrogens is 1. The van der Waals surface area contributed by atoms with E-state index in [9.17, 15) is 9.59 Å². The fourth-order valence-electron chi connectivity index (χ4n) is 1.69. The lowest BCUT2D eigenvalue weighted by Gasteiger charge is -2.09. The Morgan fingerprint density at radius 2 is 2.22 bits per heavy atom. The predicted molar refractivity (Wildman–Crippen MR) is 62.0 cm³/mol. The molecule has 7 nitrogen and oxygen atoms in total. The first-order chi connectivity index (χ1) is 8.57. The largest absolute Gasteiger partial charge is 0.481 e. The second-order valence-corrected chi connectivity index (χ2v) is 4.62. The van der Waals surface area contributed by atoms with Crippen LogP contribution in [0.5, 0.6) is 0 Å². The summed E-state index contributed by atoms with van der Waals surface area (Å²) in [5.41, 5.74) is -0.766. The third kappa shape index (κ3) is 2.49. The summed E-state index contributed by atoms with van der Waals surface area (Å²) in [5.74, 6) is -0.549. The van der Waals surface area contributed by atoms with E-state index < -0.39 is 17.3 Å². The Bertz CT molecular complexity index is 465. The van der Waals surface area contributed by atoms with Crippen LogP contribution >= 0.6 is 0 Å². The number of amides is 1. The highest BCUT2D eigenvalue weighted by molar-refractivity contribution is 5.91. The number of aromatic nitrogens is 3. The van der Waals surface area contributed by atoms with Gasteiger partial charge in [0.25, 0.3) is 5.91 Å². The molecule has 1 saturated carbocycles. The van der Waals surface area contributed by atoms with Crippen molar-refractivity contribution in [2.45, 2.75) is 32.6 Å². The number of aromatic amines is 1. The van der Waals surface area contributed by atoms with E-state index in [1.54, 1.807) is 0 Å². The van der Waals surface area contributed by atoms with Gasteiger partial charge in [-0.15, -0.1) is 5.10 Å². The molecule has 0 atom stereocenters. The van der Waals surface area contributed by atoms with Crippen molar-refractivity contribution in [3.8, 4) is 0 Å². The molecule has 0 aliphatic heterocycles. The zero-order chi connectivity index (χ0) is 13.2. The van der Waals surface area contributed by atoms with Crippen molar-refractivity contribution >= 4 is 11.9 Å². The molecule has 1 aliphatic rings. The highest BCUT2D eigenvalue weighted by atomic mass is 16.4. The minimum atomic E-state index is -0.857. The number of hydrogen-bond acceptors (Lipinski definition) is 4. The van der Waals surface area contributed by atoms with Crippen molar-refractivity contribution < 1.29 is 14.7 Å². The van der Waals surface area contributed by atoms with E-state index in [1.165, 1.54) is 0 Å². The number of aryl methyl sites for hydroxylation is 1. The van der Waals surface area contributed by atoms with E-state index in [4.69, 9.17) is 5.11 Å². The topological polar surface area (TPSA) is 108 Å². The Labute approximate surface area is 104 Å². The second-order valence-electron chi connectivity index (χ2n) is 4.62. The summed E-state index contributed by atoms with van der Waals surface area (Å²) in [6.45, 7) is 2.14. The van der Waals surface area contributed by atoms with Gasteiger partial charge in [0.05, 0.1) is 5.41 Å². The van der Waals surface area contributed by atoms with Gasteiger partial charge in [-0.1, -0.05) is 6.92 Å². The predicted octanol–water partition coefficient (Wildman–Crippen LogP) is 0.352. The Balaban J connectivity index is 1.89. The van der Waals surface area contributed by atoms with Crippen LogP contribution in [0, 0.1) is 5.41 Å². The number of carbonyl (C=O) groups is 2. The van der Waals surface area contributed by atoms with Crippen molar-refractivity contribution in [3.05, 3.63) is 11.6 Å². The monoisotopic (exact) mass is 252 g/mol. The smallest absolute Gasteiger partial charge is 0.311 e. The molecule has 0 spiro atoms. The highest BCUT2D eigenvalue weighted by Gasteiger charge is 2.50. The van der Waals surface area contributed by atoms with Crippen LogP contribution in [0.4, 0.5) is 0 Å². The molecule has 1 aromatic heterocycles. The third-order valence-electron chi connectivity index (χ3n) is 3.12. The van der Waals surface area contributed by atoms with Crippen molar-refractivity contribution in [2.75, 3.05) is 6.54 Å². The maximum absolute atomic E-state index is 11.7. The minimum Gasteiger partial charge on any atom is -0.481 e. The van der Waals surface area contributed by atoms with Crippen LogP contribution in [0.25, 0.3) is 0 Å². The van der Waals surface area contributed by atoms with Gasteiger partial charge in [0.2, 0.25) is 5.82 Å². The summed E-state index contributed by atoms with van der Waals surface area (Å²) < 4.78 is 0. The Morgan fingerprint density at radius 1 is 1.50 bits per heavy atom. The number of carbonyl (C=O) groups excluding carboxylic acids is 1. The van der Waals surface area contributed by atoms with Gasteiger partial charge in [-0.2, -0.15) is 0 Å². The number of carboxylic acid groups (broad SMARTS) is 1. The van der Waals surface area contributed by atoms with Gasteiger partial charge in [0.1, 0.15) is 5.82 Å². The number of hydrogen-bond donors (Lipinski definition) is 3. The summed E-state index contributed by atoms with van der Waals surface area (Å²) in [5, 5.41) is 18.0. The third-order valence-corrected chi connectivity index (χ3v) is 3.12. The fraction of sp³-hybridized carbons (Fsp3) is 0.636. The lowest BCUT2D eigenvalue weighted by Crippen LogP contribution is -2.34. The first kappa shape index (κ1) is 12.5. The fourth-order valence-corrected chi connectivity index (χ4v) is 1.69. The lowest BCUT2D eigenvalue weighted by atomic mass is 10.1. The molecule has 1 aromatic rings. The van der Waals surface area contributed by atoms with E-state index in [0.29, 0.717) is 18.7 Å². The quantitative estimate of drug-likeness (QED) is 0.677. The van der Waals surface area contributed by atoms with Gasteiger partial charge in [0.15, 0.2) is 0 Å². The van der Waals surface area contributed by atoms with Gasteiger partial charge in [-0.05, 0) is 19.3 Å². The Kier molecular flexibility index (Phi) is 3.31. The molecule has 1 heterocycles. The summed E-state index contributed by atoms with van der Waals surface area (Å²) in [6, 6.07) is 0. The maximum Gasteiger partial charge on any atom is 0.311 e. The molecule has 1 aliphatic carbocycles. The number of nitrogens with zero attached hydrogens (tertiary/aromatic N) is 2. The van der Waals surface area contributed by atoms with Gasteiger partial charge in [-0.25, -0.2) is 4.98 Å². The molecule has 0 saturated heterocycles. The minimum absolute atomic E-state index is 0.0691. The van der Waals surface area contributed by atoms with Gasteiger partial charge in [-0.3, -0.25) is 14.7 Å². The molecular formula is C11H16N4O3. The normalized spacial score (nSPS) is 16.3. The molecule has 18 heavy (non-hydrogen) atoms. The van der Waals surface area contributed by atoms with Gasteiger partial charge < -0.3 is 10.4 Å². The zero-order valence-electron chi connectivity index (χ0n) is 10.2. The summed E-state index contributed by atoms with van der Waals surface area (Å²) in [4.78, 5) is 26.7. The van der Waals surface area contributed by atoms with Gasteiger partial charge in [0, 0.05) is 13.0 Å². The second kappa shape index (κ2) is 4.75. The molecule has 0 bridgehead atoms. The van der Waals surface area contributed by atoms with E-state index in [1.807, 2.05) is 6.92 Å². The molecule has 3 N–H and O–H groups in total. The van der Waals surface area contributed by atoms with Crippen LogP contribution < -0.4 is 5.32 Å². The van der Waals surface area contributed by atoms with Crippen LogP contribution in [0.15, 0.2) is 0 Å². The first-order valence-electron chi connectivity index (χ1n) is 6.00. The van der Waals surface area contributed by atoms with E-state index in [0.717, 1.165) is 12.8 Å². The van der Waals surface area contributed by atoms with Crippen molar-refractivity contribution in [2.24, 2.45) is 5.41 Å². The standard InChI is InChI=1S/C11H16N4O3/c1-2-3-7-13-8(15-14-7)9(16)12-6-11(4-5-11)10(17)18/h2-6H2,1H3,(H,12,16)(H,17,18)(H,13,14,15). The number of rotatable bonds is 6. The van der Waals surface area contributed by atoms with Crippen LogP contribution in [-0.2, 0) is 11.2 Å². The lowest BCUT2D eigenvalue weighted by molar-refractivity contribution is -0.143. The molecule has 7 heteroatoms. The molecule has 0 radical (unpaired) electrons. The van der Waals surface area contributed by atoms with Crippen LogP contribution in [0.3, 0.4) is 0 Å². The molecular weight excluding hydrogens is 236 g/mol. The average molecular weight is 252 g/mol. The van der Waals surface area contributed by atoms with E-state index >= 15 is 0 Å². The average Bonchev–Trinajstić information content (AvgIpc) is 3.00. The van der Waals surface area contributed by atoms with Crippen LogP contribution in [0.2, 0.25) is 0 Å². The Hall–Kier alpha value is -1.92. The van der Waals surface area contributed by atoms with E-state index in [-0.39, 0.29) is 12.4 Å². The Morgan fingerprint density at radius 3 is 2.78 bits per heavy atom. The molecule has 1 fully saturated rings. The van der Waals surface area contributed by atoms with Crippen LogP contribution in [-0.4, -0.2) is 38.7 Å². The zero-order valence-corrected chi connectivity index (χ0v) is 10.2. The summed E-state index contributed by atoms with van der Waals surface area (Å²) in [6.07, 6.45) is 2.87. The molecule has 0 aromatic carbocycles. The first-order valence-corrected chi connectivity index (χ1v) is 6.00. The number of nitrogens with one attached hydrogen (secondary N) is 2. The summed E-state index contributed by atoms with van der Waals surface area (Å²) in [7, 11) is 0. The van der Waals surface area contributed by atoms with Crippen molar-refractivity contribution in [1.82, 2.24) is 20.5 Å². The molecule has 0 unspecified atom stereocenters. The highest BCUT2D eigenvalue weighted by Crippen LogP contribution is 2.45. The molecule has 1 amide bonds. The molecule has 2 rings (SSSR count). The molecule has 98 valence electrons. The number of aliphatic carboxylic acids is 1. The van der Waals surface area contributed by atoms with Crippen molar-refractivity contribution in [1.29, 1.82) is 0 Å². The van der Waals surface area contributed by atoms with Crippen LogP contribution in [0.1, 0.15) is 42.6 Å². The van der Waals surface area contributed by atoms with E-state index in [2.05, 4.69) is 20.5 Å². The SMILES string of the molecule is CCCc1nc(C(=O)NCC2(C(=O)O)CC2)n[nH]1.